The van der Waals surface area contributed by atoms with E-state index in [2.05, 4.69) is 4.98 Å². The average Bonchev–Trinajstić information content (AvgIpc) is 3.02. The Bertz CT molecular complexity index is 903. The second-order valence-corrected chi connectivity index (χ2v) is 7.32. The zero-order valence-electron chi connectivity index (χ0n) is 18.9. The molecule has 0 fully saturated rings. The van der Waals surface area contributed by atoms with Crippen molar-refractivity contribution in [1.82, 2.24) is 4.98 Å². The normalized spacial score (nSPS) is 12.9. The largest absolute Gasteiger partial charge is 0.490 e. The van der Waals surface area contributed by atoms with E-state index in [4.69, 9.17) is 14.2 Å². The Balaban J connectivity index is 2.19. The SMILES string of the molecule is CCOc1ccc([C@H](C)[NH2+][C@@H](C)C(=O)c2[nH]c(C)c(C(=O)OC)c2C)cc1OCC. The van der Waals surface area contributed by atoms with Crippen molar-refractivity contribution in [3.63, 3.8) is 0 Å². The van der Waals surface area contributed by atoms with Gasteiger partial charge in [0.2, 0.25) is 5.78 Å². The Labute approximate surface area is 178 Å². The second-order valence-electron chi connectivity index (χ2n) is 7.32. The number of nitrogens with two attached hydrogens (primary N) is 1. The van der Waals surface area contributed by atoms with Gasteiger partial charge in [-0.15, -0.1) is 0 Å². The molecule has 1 aromatic carbocycles. The molecule has 2 rings (SSSR count). The van der Waals surface area contributed by atoms with Crippen molar-refractivity contribution in [3.8, 4) is 11.5 Å². The van der Waals surface area contributed by atoms with E-state index in [1.165, 1.54) is 7.11 Å². The number of quaternary nitrogens is 1. The minimum Gasteiger partial charge on any atom is -0.490 e. The lowest BCUT2D eigenvalue weighted by Gasteiger charge is -2.18. The van der Waals surface area contributed by atoms with Crippen LogP contribution >= 0.6 is 0 Å². The van der Waals surface area contributed by atoms with Gasteiger partial charge in [0.15, 0.2) is 11.5 Å². The first-order valence-corrected chi connectivity index (χ1v) is 10.3. The molecule has 0 unspecified atom stereocenters. The van der Waals surface area contributed by atoms with Crippen LogP contribution in [0.25, 0.3) is 0 Å². The van der Waals surface area contributed by atoms with Crippen LogP contribution in [0.5, 0.6) is 11.5 Å². The monoisotopic (exact) mass is 417 g/mol. The minimum absolute atomic E-state index is 0.0234. The number of hydrogen-bond acceptors (Lipinski definition) is 5. The molecule has 30 heavy (non-hydrogen) atoms. The number of benzene rings is 1. The van der Waals surface area contributed by atoms with E-state index in [-0.39, 0.29) is 17.9 Å². The van der Waals surface area contributed by atoms with E-state index in [0.717, 1.165) is 5.56 Å². The number of esters is 1. The maximum absolute atomic E-state index is 13.1. The zero-order chi connectivity index (χ0) is 22.4. The molecule has 7 heteroatoms. The van der Waals surface area contributed by atoms with Gasteiger partial charge in [-0.25, -0.2) is 4.79 Å². The molecule has 1 aromatic heterocycles. The average molecular weight is 418 g/mol. The second kappa shape index (κ2) is 10.3. The Morgan fingerprint density at radius 2 is 1.70 bits per heavy atom. The smallest absolute Gasteiger partial charge is 0.339 e. The predicted molar refractivity (Wildman–Crippen MR) is 115 cm³/mol. The van der Waals surface area contributed by atoms with Crippen molar-refractivity contribution in [1.29, 1.82) is 0 Å². The number of H-pyrrole nitrogens is 1. The summed E-state index contributed by atoms with van der Waals surface area (Å²) in [6, 6.07) is 5.54. The molecule has 0 saturated carbocycles. The van der Waals surface area contributed by atoms with E-state index in [0.29, 0.717) is 47.2 Å². The first-order chi connectivity index (χ1) is 14.2. The van der Waals surface area contributed by atoms with Crippen LogP contribution in [0.4, 0.5) is 0 Å². The van der Waals surface area contributed by atoms with Crippen LogP contribution in [-0.2, 0) is 4.74 Å². The standard InChI is InChI=1S/C23H32N2O5/c1-8-29-18-11-10-17(12-19(18)30-9-2)14(4)24-16(6)22(26)21-13(3)20(15(5)25-21)23(27)28-7/h10-12,14,16,24-25H,8-9H2,1-7H3/p+1/t14-,16-/m0/s1. The molecule has 0 radical (unpaired) electrons. The maximum atomic E-state index is 13.1. The maximum Gasteiger partial charge on any atom is 0.339 e. The number of methoxy groups -OCH3 is 1. The van der Waals surface area contributed by atoms with E-state index < -0.39 is 5.97 Å². The van der Waals surface area contributed by atoms with Crippen molar-refractivity contribution in [2.45, 2.75) is 53.6 Å². The molecule has 2 aromatic rings. The number of ketones is 1. The summed E-state index contributed by atoms with van der Waals surface area (Å²) in [6.45, 7) is 12.4. The number of rotatable bonds is 10. The van der Waals surface area contributed by atoms with E-state index in [9.17, 15) is 9.59 Å². The van der Waals surface area contributed by atoms with Crippen LogP contribution in [-0.4, -0.2) is 43.1 Å². The summed E-state index contributed by atoms with van der Waals surface area (Å²) in [5, 5.41) is 2.00. The molecule has 0 spiro atoms. The third-order valence-electron chi connectivity index (χ3n) is 5.16. The number of ether oxygens (including phenoxy) is 3. The highest BCUT2D eigenvalue weighted by atomic mass is 16.5. The van der Waals surface area contributed by atoms with E-state index in [1.54, 1.807) is 13.8 Å². The van der Waals surface area contributed by atoms with Gasteiger partial charge in [0.05, 0.1) is 31.6 Å². The van der Waals surface area contributed by atoms with Crippen LogP contribution in [0, 0.1) is 13.8 Å². The molecule has 0 saturated heterocycles. The van der Waals surface area contributed by atoms with E-state index in [1.807, 2.05) is 51.2 Å². The number of aryl methyl sites for hydroxylation is 1. The highest BCUT2D eigenvalue weighted by molar-refractivity contribution is 6.03. The predicted octanol–water partition coefficient (Wildman–Crippen LogP) is 3.11. The number of carbonyl (C=O) groups is 2. The highest BCUT2D eigenvalue weighted by Crippen LogP contribution is 2.30. The molecule has 164 valence electrons. The number of nitrogens with one attached hydrogen (secondary N) is 1. The van der Waals surface area contributed by atoms with Crippen LogP contribution in [0.1, 0.15) is 71.4 Å². The van der Waals surface area contributed by atoms with Crippen LogP contribution in [0.15, 0.2) is 18.2 Å². The number of Topliss-reactive ketones (excluding diaryl/α,β-unsaturated/α-hetero) is 1. The number of aromatic amines is 1. The molecule has 0 bridgehead atoms. The Morgan fingerprint density at radius 1 is 1.07 bits per heavy atom. The van der Waals surface area contributed by atoms with Gasteiger partial charge in [-0.3, -0.25) is 4.79 Å². The fourth-order valence-corrected chi connectivity index (χ4v) is 3.61. The summed E-state index contributed by atoms with van der Waals surface area (Å²) < 4.78 is 16.2. The van der Waals surface area contributed by atoms with Gasteiger partial charge in [0, 0.05) is 11.3 Å². The lowest BCUT2D eigenvalue weighted by atomic mass is 10.0. The van der Waals surface area contributed by atoms with E-state index >= 15 is 0 Å². The lowest BCUT2D eigenvalue weighted by Crippen LogP contribution is -2.91. The highest BCUT2D eigenvalue weighted by Gasteiger charge is 2.28. The molecular weight excluding hydrogens is 384 g/mol. The Kier molecular flexibility index (Phi) is 8.06. The van der Waals surface area contributed by atoms with Gasteiger partial charge in [-0.05, 0) is 65.3 Å². The Hall–Kier alpha value is -2.80. The number of carbonyl (C=O) groups excluding carboxylic acids is 2. The van der Waals surface area contributed by atoms with Crippen LogP contribution < -0.4 is 14.8 Å². The van der Waals surface area contributed by atoms with Crippen molar-refractivity contribution in [2.75, 3.05) is 20.3 Å². The topological polar surface area (TPSA) is 94.2 Å². The van der Waals surface area contributed by atoms with Crippen molar-refractivity contribution < 1.29 is 29.1 Å². The molecule has 2 atom stereocenters. The van der Waals surface area contributed by atoms with Crippen molar-refractivity contribution in [2.24, 2.45) is 0 Å². The molecule has 0 amide bonds. The summed E-state index contributed by atoms with van der Waals surface area (Å²) in [6.07, 6.45) is 0. The van der Waals surface area contributed by atoms with Crippen LogP contribution in [0.3, 0.4) is 0 Å². The molecule has 7 nitrogen and oxygen atoms in total. The fourth-order valence-electron chi connectivity index (χ4n) is 3.61. The van der Waals surface area contributed by atoms with Crippen molar-refractivity contribution in [3.05, 3.63) is 46.3 Å². The van der Waals surface area contributed by atoms with Gasteiger partial charge in [0.1, 0.15) is 12.1 Å². The van der Waals surface area contributed by atoms with Crippen molar-refractivity contribution >= 4 is 11.8 Å². The number of hydrogen-bond donors (Lipinski definition) is 2. The summed E-state index contributed by atoms with van der Waals surface area (Å²) in [7, 11) is 1.33. The van der Waals surface area contributed by atoms with Gasteiger partial charge < -0.3 is 24.5 Å². The summed E-state index contributed by atoms with van der Waals surface area (Å²) in [5.74, 6) is 0.915. The zero-order valence-corrected chi connectivity index (χ0v) is 18.9. The molecule has 0 aliphatic rings. The molecule has 1 heterocycles. The third kappa shape index (κ3) is 5.02. The minimum atomic E-state index is -0.442. The summed E-state index contributed by atoms with van der Waals surface area (Å²) >= 11 is 0. The molecule has 0 aliphatic heterocycles. The summed E-state index contributed by atoms with van der Waals surface area (Å²) in [5.41, 5.74) is 3.17. The number of aromatic nitrogens is 1. The quantitative estimate of drug-likeness (QED) is 0.458. The first kappa shape index (κ1) is 23.5. The fraction of sp³-hybridized carbons (Fsp3) is 0.478. The Morgan fingerprint density at radius 3 is 2.30 bits per heavy atom. The summed E-state index contributed by atoms with van der Waals surface area (Å²) in [4.78, 5) is 28.1. The van der Waals surface area contributed by atoms with Gasteiger partial charge in [-0.1, -0.05) is 0 Å². The third-order valence-corrected chi connectivity index (χ3v) is 5.16. The van der Waals surface area contributed by atoms with Crippen LogP contribution in [0.2, 0.25) is 0 Å². The first-order valence-electron chi connectivity index (χ1n) is 10.3. The molecule has 3 N–H and O–H groups in total. The lowest BCUT2D eigenvalue weighted by molar-refractivity contribution is -0.709. The van der Waals surface area contributed by atoms with Gasteiger partial charge in [0.25, 0.3) is 0 Å². The van der Waals surface area contributed by atoms with Gasteiger partial charge in [-0.2, -0.15) is 0 Å². The molecule has 0 aliphatic carbocycles. The van der Waals surface area contributed by atoms with Gasteiger partial charge >= 0.3 is 5.97 Å². The molecular formula is C23H33N2O5+.